The first-order chi connectivity index (χ1) is 10.2. The Labute approximate surface area is 137 Å². The van der Waals surface area contributed by atoms with E-state index in [-0.39, 0.29) is 6.04 Å². The second kappa shape index (κ2) is 7.84. The van der Waals surface area contributed by atoms with E-state index in [1.807, 2.05) is 18.2 Å². The summed E-state index contributed by atoms with van der Waals surface area (Å²) in [6.07, 6.45) is 1.82. The highest BCUT2D eigenvalue weighted by Crippen LogP contribution is 2.30. The molecular weight excluding hydrogens is 301 g/mol. The Bertz CT molecular complexity index is 575. The van der Waals surface area contributed by atoms with Gasteiger partial charge in [0.1, 0.15) is 0 Å². The number of aryl methyl sites for hydroxylation is 1. The summed E-state index contributed by atoms with van der Waals surface area (Å²) in [5.74, 6) is 0. The van der Waals surface area contributed by atoms with E-state index in [9.17, 15) is 0 Å². The Balaban J connectivity index is 2.35. The molecule has 112 valence electrons. The number of nitrogens with one attached hydrogen (secondary N) is 1. The van der Waals surface area contributed by atoms with Gasteiger partial charge in [0.05, 0.1) is 0 Å². The molecule has 21 heavy (non-hydrogen) atoms. The van der Waals surface area contributed by atoms with E-state index in [1.54, 1.807) is 0 Å². The fourth-order valence-corrected chi connectivity index (χ4v) is 3.22. The number of rotatable bonds is 6. The van der Waals surface area contributed by atoms with Gasteiger partial charge in [-0.05, 0) is 48.2 Å². The van der Waals surface area contributed by atoms with E-state index >= 15 is 0 Å². The highest BCUT2D eigenvalue weighted by molar-refractivity contribution is 6.36. The molecule has 0 aliphatic heterocycles. The first-order valence-electron chi connectivity index (χ1n) is 7.41. The lowest BCUT2D eigenvalue weighted by atomic mass is 9.93. The van der Waals surface area contributed by atoms with Crippen LogP contribution in [0.4, 0.5) is 0 Å². The summed E-state index contributed by atoms with van der Waals surface area (Å²) in [5.41, 5.74) is 3.71. The van der Waals surface area contributed by atoms with Crippen molar-refractivity contribution in [3.05, 3.63) is 69.2 Å². The maximum absolute atomic E-state index is 6.32. The van der Waals surface area contributed by atoms with Gasteiger partial charge in [-0.15, -0.1) is 0 Å². The highest BCUT2D eigenvalue weighted by atomic mass is 35.5. The number of halogens is 2. The number of hydrogen-bond acceptors (Lipinski definition) is 1. The van der Waals surface area contributed by atoms with E-state index in [1.165, 1.54) is 11.1 Å². The maximum Gasteiger partial charge on any atom is 0.0453 e. The molecule has 0 aromatic heterocycles. The molecule has 0 saturated carbocycles. The zero-order valence-electron chi connectivity index (χ0n) is 12.5. The van der Waals surface area contributed by atoms with Crippen molar-refractivity contribution < 1.29 is 0 Å². The van der Waals surface area contributed by atoms with E-state index in [4.69, 9.17) is 23.2 Å². The van der Waals surface area contributed by atoms with Gasteiger partial charge in [0.25, 0.3) is 0 Å². The molecule has 0 aliphatic rings. The lowest BCUT2D eigenvalue weighted by Crippen LogP contribution is -2.24. The van der Waals surface area contributed by atoms with Crippen LogP contribution >= 0.6 is 23.2 Å². The molecule has 1 nitrogen and oxygen atoms in total. The predicted molar refractivity (Wildman–Crippen MR) is 92.4 cm³/mol. The Morgan fingerprint density at radius 3 is 2.24 bits per heavy atom. The topological polar surface area (TPSA) is 12.0 Å². The molecule has 1 atom stereocenters. The number of likely N-dealkylation sites (N-methyl/N-ethyl adjacent to an activating group) is 1. The smallest absolute Gasteiger partial charge is 0.0453 e. The summed E-state index contributed by atoms with van der Waals surface area (Å²) in [4.78, 5) is 0. The Morgan fingerprint density at radius 2 is 1.62 bits per heavy atom. The molecule has 1 unspecified atom stereocenters. The third-order valence-corrected chi connectivity index (χ3v) is 4.44. The van der Waals surface area contributed by atoms with Crippen molar-refractivity contribution in [1.82, 2.24) is 5.32 Å². The summed E-state index contributed by atoms with van der Waals surface area (Å²) in [7, 11) is 0. The van der Waals surface area contributed by atoms with Crippen molar-refractivity contribution in [2.45, 2.75) is 32.7 Å². The largest absolute Gasteiger partial charge is 0.310 e. The molecule has 0 heterocycles. The number of hydrogen-bond donors (Lipinski definition) is 1. The van der Waals surface area contributed by atoms with Gasteiger partial charge in [-0.1, -0.05) is 67.4 Å². The van der Waals surface area contributed by atoms with Crippen LogP contribution in [0.25, 0.3) is 0 Å². The molecular formula is C18H21Cl2N. The minimum Gasteiger partial charge on any atom is -0.310 e. The molecule has 0 spiro atoms. The normalized spacial score (nSPS) is 12.4. The van der Waals surface area contributed by atoms with Crippen molar-refractivity contribution in [2.24, 2.45) is 0 Å². The molecule has 0 fully saturated rings. The van der Waals surface area contributed by atoms with Crippen molar-refractivity contribution in [3.63, 3.8) is 0 Å². The van der Waals surface area contributed by atoms with Crippen molar-refractivity contribution in [3.8, 4) is 0 Å². The third-order valence-electron chi connectivity index (χ3n) is 3.73. The summed E-state index contributed by atoms with van der Waals surface area (Å²) >= 11 is 12.6. The van der Waals surface area contributed by atoms with Crippen molar-refractivity contribution >= 4 is 23.2 Å². The summed E-state index contributed by atoms with van der Waals surface area (Å²) in [6, 6.07) is 14.5. The van der Waals surface area contributed by atoms with Crippen LogP contribution in [0.3, 0.4) is 0 Å². The van der Waals surface area contributed by atoms with E-state index in [0.717, 1.165) is 35.0 Å². The second-order valence-corrected chi connectivity index (χ2v) is 5.88. The highest BCUT2D eigenvalue weighted by Gasteiger charge is 2.17. The molecule has 0 saturated heterocycles. The standard InChI is InChI=1S/C18H21Cl2N/c1-3-13-8-5-6-9-14(13)18(21-4-2)12-15-16(19)10-7-11-17(15)20/h5-11,18,21H,3-4,12H2,1-2H3. The molecule has 2 rings (SSSR count). The van der Waals surface area contributed by atoms with Crippen LogP contribution in [-0.4, -0.2) is 6.54 Å². The lowest BCUT2D eigenvalue weighted by molar-refractivity contribution is 0.546. The quantitative estimate of drug-likeness (QED) is 0.746. The summed E-state index contributed by atoms with van der Waals surface area (Å²) in [6.45, 7) is 5.21. The third kappa shape index (κ3) is 4.00. The van der Waals surface area contributed by atoms with Crippen molar-refractivity contribution in [2.75, 3.05) is 6.54 Å². The second-order valence-electron chi connectivity index (χ2n) is 5.07. The van der Waals surface area contributed by atoms with Gasteiger partial charge < -0.3 is 5.32 Å². The minimum absolute atomic E-state index is 0.226. The van der Waals surface area contributed by atoms with E-state index in [0.29, 0.717) is 0 Å². The summed E-state index contributed by atoms with van der Waals surface area (Å²) in [5, 5.41) is 5.03. The lowest BCUT2D eigenvalue weighted by Gasteiger charge is -2.22. The van der Waals surface area contributed by atoms with Gasteiger partial charge in [0, 0.05) is 16.1 Å². The summed E-state index contributed by atoms with van der Waals surface area (Å²) < 4.78 is 0. The Hall–Kier alpha value is -1.02. The molecule has 0 amide bonds. The molecule has 3 heteroatoms. The first kappa shape index (κ1) is 16.4. The van der Waals surface area contributed by atoms with Crippen LogP contribution < -0.4 is 5.32 Å². The monoisotopic (exact) mass is 321 g/mol. The molecule has 0 radical (unpaired) electrons. The van der Waals surface area contributed by atoms with Crippen LogP contribution in [0.1, 0.15) is 36.6 Å². The van der Waals surface area contributed by atoms with E-state index in [2.05, 4.69) is 43.4 Å². The molecule has 0 bridgehead atoms. The van der Waals surface area contributed by atoms with Gasteiger partial charge in [-0.25, -0.2) is 0 Å². The SMILES string of the molecule is CCNC(Cc1c(Cl)cccc1Cl)c1ccccc1CC. The first-order valence-corrected chi connectivity index (χ1v) is 8.17. The van der Waals surface area contributed by atoms with Crippen molar-refractivity contribution in [1.29, 1.82) is 0 Å². The van der Waals surface area contributed by atoms with Gasteiger partial charge in [0.15, 0.2) is 0 Å². The van der Waals surface area contributed by atoms with Gasteiger partial charge in [0.2, 0.25) is 0 Å². The van der Waals surface area contributed by atoms with E-state index < -0.39 is 0 Å². The zero-order chi connectivity index (χ0) is 15.2. The maximum atomic E-state index is 6.32. The van der Waals surface area contributed by atoms with Crippen LogP contribution in [0.5, 0.6) is 0 Å². The Kier molecular flexibility index (Phi) is 6.10. The molecule has 2 aromatic rings. The predicted octanol–water partition coefficient (Wildman–Crippen LogP) is 5.45. The van der Waals surface area contributed by atoms with Gasteiger partial charge in [-0.2, -0.15) is 0 Å². The molecule has 2 aromatic carbocycles. The fourth-order valence-electron chi connectivity index (χ4n) is 2.67. The fraction of sp³-hybridized carbons (Fsp3) is 0.333. The van der Waals surface area contributed by atoms with Crippen LogP contribution in [0.2, 0.25) is 10.0 Å². The van der Waals surface area contributed by atoms with Gasteiger partial charge in [-0.3, -0.25) is 0 Å². The average molecular weight is 322 g/mol. The van der Waals surface area contributed by atoms with Crippen LogP contribution in [0, 0.1) is 0 Å². The number of benzene rings is 2. The van der Waals surface area contributed by atoms with Crippen LogP contribution in [0.15, 0.2) is 42.5 Å². The van der Waals surface area contributed by atoms with Gasteiger partial charge >= 0.3 is 0 Å². The zero-order valence-corrected chi connectivity index (χ0v) is 14.0. The average Bonchev–Trinajstić information content (AvgIpc) is 2.50. The van der Waals surface area contributed by atoms with Crippen LogP contribution in [-0.2, 0) is 12.8 Å². The Morgan fingerprint density at radius 1 is 0.952 bits per heavy atom. The molecule has 1 N–H and O–H groups in total. The molecule has 0 aliphatic carbocycles. The minimum atomic E-state index is 0.226.